The summed E-state index contributed by atoms with van der Waals surface area (Å²) in [5, 5.41) is 12.6. The van der Waals surface area contributed by atoms with E-state index in [1.165, 1.54) is 4.90 Å². The van der Waals surface area contributed by atoms with Gasteiger partial charge < -0.3 is 20.2 Å². The zero-order valence-electron chi connectivity index (χ0n) is 24.7. The third-order valence-electron chi connectivity index (χ3n) is 8.27. The highest BCUT2D eigenvalue weighted by molar-refractivity contribution is 5.96. The van der Waals surface area contributed by atoms with Crippen LogP contribution in [0.1, 0.15) is 87.0 Å². The first-order chi connectivity index (χ1) is 17.8. The number of carboxylic acid groups (broad SMARTS) is 1. The van der Waals surface area contributed by atoms with Gasteiger partial charge in [0.05, 0.1) is 12.1 Å². The molecule has 0 saturated carbocycles. The number of aliphatic carboxylic acids is 1. The Morgan fingerprint density at radius 1 is 0.974 bits per heavy atom. The van der Waals surface area contributed by atoms with Gasteiger partial charge in [-0.1, -0.05) is 47.1 Å². The number of rotatable bonds is 11. The van der Waals surface area contributed by atoms with Crippen molar-refractivity contribution in [3.05, 3.63) is 11.6 Å². The standard InChI is InChI=1S/C29H50N4O5/c1-9-21(7)32-15-11-10-13-22(32)26(34)30-25(19(4)5)28(36)31(8)24(18(2)3)17-20(6)27(35)33-16-12-14-23(33)29(37)38/h17-19,21-25H,9-16H2,1-8H3,(H,30,34)(H,37,38)/b20-17+/t21?,22?,23-,24+,25-/m0/s1. The van der Waals surface area contributed by atoms with Gasteiger partial charge in [-0.3, -0.25) is 19.3 Å². The van der Waals surface area contributed by atoms with Gasteiger partial charge in [0.25, 0.3) is 0 Å². The third kappa shape index (κ3) is 7.58. The predicted molar refractivity (Wildman–Crippen MR) is 148 cm³/mol. The van der Waals surface area contributed by atoms with Crippen molar-refractivity contribution in [1.29, 1.82) is 0 Å². The first-order valence-corrected chi connectivity index (χ1v) is 14.4. The average molecular weight is 535 g/mol. The summed E-state index contributed by atoms with van der Waals surface area (Å²) in [5.41, 5.74) is 0.424. The highest BCUT2D eigenvalue weighted by atomic mass is 16.4. The van der Waals surface area contributed by atoms with Crippen LogP contribution in [0.25, 0.3) is 0 Å². The summed E-state index contributed by atoms with van der Waals surface area (Å²) in [6.45, 7) is 15.1. The molecule has 2 heterocycles. The molecule has 2 unspecified atom stereocenters. The van der Waals surface area contributed by atoms with Crippen LogP contribution in [0.3, 0.4) is 0 Å². The lowest BCUT2D eigenvalue weighted by Gasteiger charge is -2.40. The first kappa shape index (κ1) is 31.8. The molecule has 2 N–H and O–H groups in total. The molecule has 0 spiro atoms. The Labute approximate surface area is 229 Å². The van der Waals surface area contributed by atoms with Gasteiger partial charge in [0.2, 0.25) is 17.7 Å². The van der Waals surface area contributed by atoms with Gasteiger partial charge in [-0.15, -0.1) is 0 Å². The lowest BCUT2D eigenvalue weighted by molar-refractivity contribution is -0.146. The van der Waals surface area contributed by atoms with E-state index in [1.807, 2.05) is 27.7 Å². The Kier molecular flexibility index (Phi) is 11.8. The van der Waals surface area contributed by atoms with Crippen LogP contribution in [0, 0.1) is 11.8 Å². The van der Waals surface area contributed by atoms with Crippen molar-refractivity contribution in [2.75, 3.05) is 20.1 Å². The van der Waals surface area contributed by atoms with E-state index in [2.05, 4.69) is 24.1 Å². The quantitative estimate of drug-likeness (QED) is 0.394. The average Bonchev–Trinajstić information content (AvgIpc) is 3.38. The number of carboxylic acids is 1. The molecule has 9 nitrogen and oxygen atoms in total. The van der Waals surface area contributed by atoms with Crippen molar-refractivity contribution in [3.8, 4) is 0 Å². The number of likely N-dealkylation sites (tertiary alicyclic amines) is 2. The van der Waals surface area contributed by atoms with E-state index in [9.17, 15) is 24.3 Å². The van der Waals surface area contributed by atoms with E-state index in [0.717, 1.165) is 32.2 Å². The second-order valence-electron chi connectivity index (χ2n) is 11.8. The maximum Gasteiger partial charge on any atom is 0.326 e. The van der Waals surface area contributed by atoms with Crippen LogP contribution in [0.4, 0.5) is 0 Å². The first-order valence-electron chi connectivity index (χ1n) is 14.4. The van der Waals surface area contributed by atoms with Crippen LogP contribution in [-0.2, 0) is 19.2 Å². The molecule has 0 aliphatic carbocycles. The zero-order valence-corrected chi connectivity index (χ0v) is 24.7. The number of likely N-dealkylation sites (N-methyl/N-ethyl adjacent to an activating group) is 1. The molecule has 0 aromatic rings. The molecule has 216 valence electrons. The predicted octanol–water partition coefficient (Wildman–Crippen LogP) is 3.29. The largest absolute Gasteiger partial charge is 0.480 e. The topological polar surface area (TPSA) is 110 Å². The number of carbonyl (C=O) groups is 4. The molecule has 2 saturated heterocycles. The lowest BCUT2D eigenvalue weighted by Crippen LogP contribution is -2.59. The molecule has 2 aliphatic rings. The van der Waals surface area contributed by atoms with E-state index in [0.29, 0.717) is 31.0 Å². The van der Waals surface area contributed by atoms with Crippen molar-refractivity contribution >= 4 is 23.7 Å². The second-order valence-corrected chi connectivity index (χ2v) is 11.8. The monoisotopic (exact) mass is 534 g/mol. The van der Waals surface area contributed by atoms with Gasteiger partial charge in [0.1, 0.15) is 12.1 Å². The van der Waals surface area contributed by atoms with E-state index < -0.39 is 18.1 Å². The molecule has 0 aromatic carbocycles. The Morgan fingerprint density at radius 2 is 1.61 bits per heavy atom. The minimum Gasteiger partial charge on any atom is -0.480 e. The van der Waals surface area contributed by atoms with Crippen LogP contribution >= 0.6 is 0 Å². The molecule has 9 heteroatoms. The normalized spacial score (nSPS) is 23.3. The van der Waals surface area contributed by atoms with Crippen LogP contribution in [0.2, 0.25) is 0 Å². The van der Waals surface area contributed by atoms with Gasteiger partial charge in [-0.25, -0.2) is 4.79 Å². The summed E-state index contributed by atoms with van der Waals surface area (Å²) in [6, 6.07) is -1.82. The molecule has 3 amide bonds. The van der Waals surface area contributed by atoms with E-state index >= 15 is 0 Å². The number of nitrogens with one attached hydrogen (secondary N) is 1. The van der Waals surface area contributed by atoms with Crippen molar-refractivity contribution in [1.82, 2.24) is 20.0 Å². The lowest BCUT2D eigenvalue weighted by atomic mass is 9.95. The van der Waals surface area contributed by atoms with Crippen molar-refractivity contribution < 1.29 is 24.3 Å². The molecular formula is C29H50N4O5. The summed E-state index contributed by atoms with van der Waals surface area (Å²) in [6.07, 6.45) is 6.71. The number of nitrogens with zero attached hydrogens (tertiary/aromatic N) is 3. The summed E-state index contributed by atoms with van der Waals surface area (Å²) >= 11 is 0. The van der Waals surface area contributed by atoms with Crippen LogP contribution in [0.15, 0.2) is 11.6 Å². The molecule has 38 heavy (non-hydrogen) atoms. The summed E-state index contributed by atoms with van der Waals surface area (Å²) in [4.78, 5) is 57.2. The Hall–Kier alpha value is -2.42. The molecular weight excluding hydrogens is 484 g/mol. The number of piperidine rings is 1. The van der Waals surface area contributed by atoms with Crippen LogP contribution in [0.5, 0.6) is 0 Å². The molecule has 0 radical (unpaired) electrons. The van der Waals surface area contributed by atoms with Gasteiger partial charge >= 0.3 is 5.97 Å². The fourth-order valence-corrected chi connectivity index (χ4v) is 5.70. The van der Waals surface area contributed by atoms with Crippen LogP contribution in [-0.4, -0.2) is 93.8 Å². The maximum absolute atomic E-state index is 13.8. The highest BCUT2D eigenvalue weighted by Crippen LogP contribution is 2.24. The van der Waals surface area contributed by atoms with E-state index in [-0.39, 0.29) is 41.6 Å². The minimum atomic E-state index is -0.989. The van der Waals surface area contributed by atoms with Crippen molar-refractivity contribution in [2.24, 2.45) is 11.8 Å². The van der Waals surface area contributed by atoms with Crippen molar-refractivity contribution in [3.63, 3.8) is 0 Å². The van der Waals surface area contributed by atoms with Gasteiger partial charge in [0.15, 0.2) is 0 Å². The molecule has 2 rings (SSSR count). The number of hydrogen-bond acceptors (Lipinski definition) is 5. The molecule has 2 aliphatic heterocycles. The van der Waals surface area contributed by atoms with Gasteiger partial charge in [-0.05, 0) is 64.3 Å². The zero-order chi connectivity index (χ0) is 28.7. The van der Waals surface area contributed by atoms with Crippen LogP contribution < -0.4 is 5.32 Å². The Morgan fingerprint density at radius 3 is 2.16 bits per heavy atom. The maximum atomic E-state index is 13.8. The minimum absolute atomic E-state index is 0.00306. The second kappa shape index (κ2) is 14.1. The van der Waals surface area contributed by atoms with E-state index in [4.69, 9.17) is 0 Å². The molecule has 0 aromatic heterocycles. The van der Waals surface area contributed by atoms with E-state index in [1.54, 1.807) is 24.9 Å². The van der Waals surface area contributed by atoms with Gasteiger partial charge in [0, 0.05) is 25.2 Å². The van der Waals surface area contributed by atoms with Crippen molar-refractivity contribution in [2.45, 2.75) is 117 Å². The molecule has 5 atom stereocenters. The Bertz CT molecular complexity index is 886. The Balaban J connectivity index is 2.22. The number of hydrogen-bond donors (Lipinski definition) is 2. The number of amides is 3. The fraction of sp³-hybridized carbons (Fsp3) is 0.793. The summed E-state index contributed by atoms with van der Waals surface area (Å²) < 4.78 is 0. The third-order valence-corrected chi connectivity index (χ3v) is 8.27. The summed E-state index contributed by atoms with van der Waals surface area (Å²) in [7, 11) is 1.71. The summed E-state index contributed by atoms with van der Waals surface area (Å²) in [5.74, 6) is -1.70. The van der Waals surface area contributed by atoms with Gasteiger partial charge in [-0.2, -0.15) is 0 Å². The fourth-order valence-electron chi connectivity index (χ4n) is 5.70. The smallest absolute Gasteiger partial charge is 0.326 e. The number of carbonyl (C=O) groups excluding carboxylic acids is 3. The molecule has 0 bridgehead atoms. The highest BCUT2D eigenvalue weighted by Gasteiger charge is 2.37. The SMILES string of the molecule is CCC(C)N1CCCCC1C(=O)N[C@H](C(=O)N(C)[C@H](/C=C(\C)C(=O)N1CCC[C@H]1C(=O)O)C(C)C)C(C)C. The molecule has 2 fully saturated rings.